The van der Waals surface area contributed by atoms with Gasteiger partial charge in [0.05, 0.1) is 13.2 Å². The van der Waals surface area contributed by atoms with Crippen LogP contribution in [-0.2, 0) is 4.74 Å². The van der Waals surface area contributed by atoms with Crippen molar-refractivity contribution in [1.29, 1.82) is 0 Å². The van der Waals surface area contributed by atoms with Crippen molar-refractivity contribution in [2.75, 3.05) is 33.4 Å². The highest BCUT2D eigenvalue weighted by Crippen LogP contribution is 2.20. The van der Waals surface area contributed by atoms with Crippen molar-refractivity contribution in [3.05, 3.63) is 0 Å². The first-order valence-electron chi connectivity index (χ1n) is 6.02. The molecule has 17 heavy (non-hydrogen) atoms. The molecule has 2 atom stereocenters. The lowest BCUT2D eigenvalue weighted by atomic mass is 10.0. The van der Waals surface area contributed by atoms with Gasteiger partial charge in [0.2, 0.25) is 0 Å². The minimum atomic E-state index is -4.15. The van der Waals surface area contributed by atoms with Crippen molar-refractivity contribution in [2.24, 2.45) is 0 Å². The molecule has 0 bridgehead atoms. The van der Waals surface area contributed by atoms with E-state index in [2.05, 4.69) is 5.32 Å². The number of rotatable bonds is 5. The fourth-order valence-electron chi connectivity index (χ4n) is 2.13. The molecule has 1 aliphatic heterocycles. The van der Waals surface area contributed by atoms with E-state index >= 15 is 0 Å². The van der Waals surface area contributed by atoms with Gasteiger partial charge in [-0.15, -0.1) is 0 Å². The quantitative estimate of drug-likeness (QED) is 0.807. The SMILES string of the molecule is CCCNC1CCOCC1N(C)CC(F)(F)F. The highest BCUT2D eigenvalue weighted by Gasteiger charge is 2.35. The van der Waals surface area contributed by atoms with Crippen LogP contribution in [0.5, 0.6) is 0 Å². The van der Waals surface area contributed by atoms with Crippen LogP contribution >= 0.6 is 0 Å². The molecule has 0 aromatic rings. The normalized spacial score (nSPS) is 26.5. The largest absolute Gasteiger partial charge is 0.401 e. The van der Waals surface area contributed by atoms with Gasteiger partial charge in [-0.25, -0.2) is 0 Å². The van der Waals surface area contributed by atoms with Gasteiger partial charge in [0.25, 0.3) is 0 Å². The minimum Gasteiger partial charge on any atom is -0.380 e. The van der Waals surface area contributed by atoms with E-state index in [1.54, 1.807) is 0 Å². The molecule has 1 N–H and O–H groups in total. The Morgan fingerprint density at radius 2 is 2.12 bits per heavy atom. The highest BCUT2D eigenvalue weighted by molar-refractivity contribution is 4.86. The van der Waals surface area contributed by atoms with Crippen LogP contribution in [0.15, 0.2) is 0 Å². The predicted octanol–water partition coefficient (Wildman–Crippen LogP) is 1.64. The Kier molecular flexibility index (Phi) is 5.69. The molecule has 1 rings (SSSR count). The molecule has 1 aliphatic rings. The van der Waals surface area contributed by atoms with Gasteiger partial charge in [0.15, 0.2) is 0 Å². The maximum absolute atomic E-state index is 12.3. The van der Waals surface area contributed by atoms with E-state index in [1.807, 2.05) is 6.92 Å². The zero-order chi connectivity index (χ0) is 12.9. The van der Waals surface area contributed by atoms with Crippen LogP contribution in [0.1, 0.15) is 19.8 Å². The fourth-order valence-corrected chi connectivity index (χ4v) is 2.13. The number of nitrogens with zero attached hydrogens (tertiary/aromatic N) is 1. The van der Waals surface area contributed by atoms with E-state index < -0.39 is 12.7 Å². The molecule has 2 unspecified atom stereocenters. The Morgan fingerprint density at radius 1 is 1.41 bits per heavy atom. The van der Waals surface area contributed by atoms with Gasteiger partial charge in [-0.3, -0.25) is 4.90 Å². The predicted molar refractivity (Wildman–Crippen MR) is 60.0 cm³/mol. The van der Waals surface area contributed by atoms with Crippen LogP contribution in [0.4, 0.5) is 13.2 Å². The molecular weight excluding hydrogens is 233 g/mol. The smallest absolute Gasteiger partial charge is 0.380 e. The average molecular weight is 254 g/mol. The molecule has 1 fully saturated rings. The fraction of sp³-hybridized carbons (Fsp3) is 1.00. The van der Waals surface area contributed by atoms with Gasteiger partial charge in [-0.1, -0.05) is 6.92 Å². The van der Waals surface area contributed by atoms with E-state index in [0.29, 0.717) is 13.2 Å². The van der Waals surface area contributed by atoms with Crippen LogP contribution in [0.2, 0.25) is 0 Å². The lowest BCUT2D eigenvalue weighted by Crippen LogP contribution is -2.56. The van der Waals surface area contributed by atoms with Gasteiger partial charge in [-0.2, -0.15) is 13.2 Å². The molecular formula is C11H21F3N2O. The molecule has 1 heterocycles. The Bertz CT molecular complexity index is 223. The first kappa shape index (κ1) is 14.7. The number of halogens is 3. The number of nitrogens with one attached hydrogen (secondary N) is 1. The first-order valence-corrected chi connectivity index (χ1v) is 6.02. The van der Waals surface area contributed by atoms with Crippen LogP contribution in [-0.4, -0.2) is 56.5 Å². The van der Waals surface area contributed by atoms with E-state index in [1.165, 1.54) is 11.9 Å². The second kappa shape index (κ2) is 6.56. The zero-order valence-electron chi connectivity index (χ0n) is 10.4. The third-order valence-corrected chi connectivity index (χ3v) is 2.98. The van der Waals surface area contributed by atoms with Crippen molar-refractivity contribution in [1.82, 2.24) is 10.2 Å². The second-order valence-electron chi connectivity index (χ2n) is 4.52. The standard InChI is InChI=1S/C11H21F3N2O/c1-3-5-15-9-4-6-17-7-10(9)16(2)8-11(12,13)14/h9-10,15H,3-8H2,1-2H3. The number of alkyl halides is 3. The topological polar surface area (TPSA) is 24.5 Å². The average Bonchev–Trinajstić information content (AvgIpc) is 2.24. The molecule has 0 saturated carbocycles. The summed E-state index contributed by atoms with van der Waals surface area (Å²) < 4.78 is 42.3. The summed E-state index contributed by atoms with van der Waals surface area (Å²) in [5, 5.41) is 3.30. The minimum absolute atomic E-state index is 0.0936. The Hall–Kier alpha value is -0.330. The summed E-state index contributed by atoms with van der Waals surface area (Å²) >= 11 is 0. The summed E-state index contributed by atoms with van der Waals surface area (Å²) in [5.74, 6) is 0. The number of hydrogen-bond donors (Lipinski definition) is 1. The van der Waals surface area contributed by atoms with E-state index in [-0.39, 0.29) is 12.1 Å². The van der Waals surface area contributed by atoms with Crippen LogP contribution in [0.3, 0.4) is 0 Å². The molecule has 0 radical (unpaired) electrons. The molecule has 102 valence electrons. The Balaban J connectivity index is 2.51. The molecule has 3 nitrogen and oxygen atoms in total. The third-order valence-electron chi connectivity index (χ3n) is 2.98. The van der Waals surface area contributed by atoms with E-state index in [9.17, 15) is 13.2 Å². The molecule has 1 saturated heterocycles. The maximum Gasteiger partial charge on any atom is 0.401 e. The Morgan fingerprint density at radius 3 is 2.71 bits per heavy atom. The monoisotopic (exact) mass is 254 g/mol. The highest BCUT2D eigenvalue weighted by atomic mass is 19.4. The third kappa shape index (κ3) is 5.23. The Labute approximate surface area is 100 Å². The van der Waals surface area contributed by atoms with Crippen molar-refractivity contribution in [3.63, 3.8) is 0 Å². The van der Waals surface area contributed by atoms with Crippen molar-refractivity contribution in [2.45, 2.75) is 38.0 Å². The van der Waals surface area contributed by atoms with Crippen LogP contribution in [0.25, 0.3) is 0 Å². The summed E-state index contributed by atoms with van der Waals surface area (Å²) in [6.45, 7) is 2.98. The summed E-state index contributed by atoms with van der Waals surface area (Å²) in [4.78, 5) is 1.34. The number of likely N-dealkylation sites (N-methyl/N-ethyl adjacent to an activating group) is 1. The van der Waals surface area contributed by atoms with Gasteiger partial charge in [0, 0.05) is 18.7 Å². The zero-order valence-corrected chi connectivity index (χ0v) is 10.4. The molecule has 0 amide bonds. The van der Waals surface area contributed by atoms with Gasteiger partial charge < -0.3 is 10.1 Å². The van der Waals surface area contributed by atoms with Gasteiger partial charge in [-0.05, 0) is 26.4 Å². The summed E-state index contributed by atoms with van der Waals surface area (Å²) in [6.07, 6.45) is -2.40. The molecule has 0 aliphatic carbocycles. The van der Waals surface area contributed by atoms with E-state index in [0.717, 1.165) is 19.4 Å². The molecule has 0 spiro atoms. The first-order chi connectivity index (χ1) is 7.94. The van der Waals surface area contributed by atoms with Crippen molar-refractivity contribution >= 4 is 0 Å². The van der Waals surface area contributed by atoms with Gasteiger partial charge in [0.1, 0.15) is 0 Å². The van der Waals surface area contributed by atoms with Crippen LogP contribution < -0.4 is 5.32 Å². The molecule has 6 heteroatoms. The lowest BCUT2D eigenvalue weighted by molar-refractivity contribution is -0.153. The maximum atomic E-state index is 12.3. The van der Waals surface area contributed by atoms with Crippen molar-refractivity contribution in [3.8, 4) is 0 Å². The number of ether oxygens (including phenoxy) is 1. The van der Waals surface area contributed by atoms with Gasteiger partial charge >= 0.3 is 6.18 Å². The lowest BCUT2D eigenvalue weighted by Gasteiger charge is -2.38. The van der Waals surface area contributed by atoms with Crippen molar-refractivity contribution < 1.29 is 17.9 Å². The molecule has 0 aromatic heterocycles. The summed E-state index contributed by atoms with van der Waals surface area (Å²) in [7, 11) is 1.51. The summed E-state index contributed by atoms with van der Waals surface area (Å²) in [6, 6.07) is -0.104. The molecule has 0 aromatic carbocycles. The van der Waals surface area contributed by atoms with E-state index in [4.69, 9.17) is 4.74 Å². The number of hydrogen-bond acceptors (Lipinski definition) is 3. The summed E-state index contributed by atoms with van der Waals surface area (Å²) in [5.41, 5.74) is 0. The second-order valence-corrected chi connectivity index (χ2v) is 4.52. The van der Waals surface area contributed by atoms with Crippen LogP contribution in [0, 0.1) is 0 Å².